The van der Waals surface area contributed by atoms with Gasteiger partial charge in [-0.3, -0.25) is 0 Å². The Kier molecular flexibility index (Phi) is 6.86. The quantitative estimate of drug-likeness (QED) is 0.684. The molecule has 0 fully saturated rings. The molecule has 0 aromatic heterocycles. The minimum atomic E-state index is -3.33. The van der Waals surface area contributed by atoms with Crippen LogP contribution in [0.3, 0.4) is 0 Å². The normalized spacial score (nSPS) is 13.4. The molecule has 0 heterocycles. The number of hydrogen-bond donors (Lipinski definition) is 1. The van der Waals surface area contributed by atoms with Crippen LogP contribution in [0.4, 0.5) is 0 Å². The lowest BCUT2D eigenvalue weighted by Gasteiger charge is -2.26. The third kappa shape index (κ3) is 5.48. The largest absolute Gasteiger partial charge is 0.279 e. The van der Waals surface area contributed by atoms with Gasteiger partial charge in [0.1, 0.15) is 0 Å². The average Bonchev–Trinajstić information content (AvgIpc) is 2.17. The van der Waals surface area contributed by atoms with Crippen LogP contribution in [-0.4, -0.2) is 38.2 Å². The molecule has 0 aliphatic rings. The van der Waals surface area contributed by atoms with Gasteiger partial charge in [0.15, 0.2) is 0 Å². The minimum Gasteiger partial charge on any atom is -0.202 e. The van der Waals surface area contributed by atoms with Crippen molar-refractivity contribution in [1.82, 2.24) is 9.03 Å². The Hall–Kier alpha value is 0.160. The van der Waals surface area contributed by atoms with Gasteiger partial charge >= 0.3 is 0 Å². The number of halogens is 1. The van der Waals surface area contributed by atoms with E-state index in [0.29, 0.717) is 25.5 Å². The number of nitrogens with one attached hydrogen (secondary N) is 1. The fraction of sp³-hybridized carbons (Fsp3) is 1.00. The van der Waals surface area contributed by atoms with Crippen molar-refractivity contribution in [3.8, 4) is 0 Å². The molecule has 0 spiro atoms. The Morgan fingerprint density at radius 2 is 1.75 bits per heavy atom. The van der Waals surface area contributed by atoms with Crippen molar-refractivity contribution >= 4 is 21.8 Å². The monoisotopic (exact) mass is 270 g/mol. The fourth-order valence-electron chi connectivity index (χ4n) is 1.29. The predicted molar refractivity (Wildman–Crippen MR) is 69.0 cm³/mol. The van der Waals surface area contributed by atoms with E-state index in [4.69, 9.17) is 11.6 Å². The van der Waals surface area contributed by atoms with Gasteiger partial charge in [0.2, 0.25) is 0 Å². The zero-order valence-corrected chi connectivity index (χ0v) is 12.2. The van der Waals surface area contributed by atoms with E-state index in [2.05, 4.69) is 4.72 Å². The van der Waals surface area contributed by atoms with Gasteiger partial charge in [-0.05, 0) is 11.8 Å². The van der Waals surface area contributed by atoms with E-state index < -0.39 is 10.2 Å². The van der Waals surface area contributed by atoms with Crippen LogP contribution in [0.1, 0.15) is 34.1 Å². The van der Waals surface area contributed by atoms with Crippen molar-refractivity contribution in [2.24, 2.45) is 5.41 Å². The molecular formula is C10H23ClN2O2S. The highest BCUT2D eigenvalue weighted by atomic mass is 35.5. The standard InChI is InChI=1S/C10H23ClN2O2S/c1-5-13(6-2)16(14,15)12-9-10(3,4)7-8-11/h12H,5-9H2,1-4H3. The fourth-order valence-corrected chi connectivity index (χ4v) is 3.23. The first-order chi connectivity index (χ1) is 7.29. The summed E-state index contributed by atoms with van der Waals surface area (Å²) in [6.45, 7) is 9.04. The molecule has 0 bridgehead atoms. The van der Waals surface area contributed by atoms with Crippen LogP contribution in [-0.2, 0) is 10.2 Å². The summed E-state index contributed by atoms with van der Waals surface area (Å²) < 4.78 is 27.7. The van der Waals surface area contributed by atoms with Crippen LogP contribution in [0.2, 0.25) is 0 Å². The first-order valence-corrected chi connectivity index (χ1v) is 7.57. The van der Waals surface area contributed by atoms with Crippen molar-refractivity contribution in [2.45, 2.75) is 34.1 Å². The molecule has 4 nitrogen and oxygen atoms in total. The van der Waals surface area contributed by atoms with Crippen LogP contribution in [0.15, 0.2) is 0 Å². The molecule has 0 radical (unpaired) electrons. The Bertz CT molecular complexity index is 287. The van der Waals surface area contributed by atoms with E-state index in [-0.39, 0.29) is 5.41 Å². The smallest absolute Gasteiger partial charge is 0.202 e. The SMILES string of the molecule is CCN(CC)S(=O)(=O)NCC(C)(C)CCCl. The molecule has 0 aromatic carbocycles. The Morgan fingerprint density at radius 3 is 2.12 bits per heavy atom. The maximum atomic E-state index is 11.8. The van der Waals surface area contributed by atoms with E-state index in [1.165, 1.54) is 4.31 Å². The first-order valence-electron chi connectivity index (χ1n) is 5.59. The van der Waals surface area contributed by atoms with Crippen LogP contribution in [0, 0.1) is 5.41 Å². The molecule has 0 aliphatic carbocycles. The summed E-state index contributed by atoms with van der Waals surface area (Å²) in [5.74, 6) is 0.542. The van der Waals surface area contributed by atoms with E-state index in [0.717, 1.165) is 6.42 Å². The summed E-state index contributed by atoms with van der Waals surface area (Å²) in [4.78, 5) is 0. The summed E-state index contributed by atoms with van der Waals surface area (Å²) in [6, 6.07) is 0. The van der Waals surface area contributed by atoms with Crippen molar-refractivity contribution in [3.63, 3.8) is 0 Å². The average molecular weight is 271 g/mol. The van der Waals surface area contributed by atoms with Gasteiger partial charge in [0.25, 0.3) is 10.2 Å². The lowest BCUT2D eigenvalue weighted by molar-refractivity contribution is 0.343. The van der Waals surface area contributed by atoms with Crippen LogP contribution >= 0.6 is 11.6 Å². The third-order valence-corrected chi connectivity index (χ3v) is 4.44. The molecule has 0 aliphatic heterocycles. The Labute approximate surface area is 105 Å². The van der Waals surface area contributed by atoms with Crippen molar-refractivity contribution in [3.05, 3.63) is 0 Å². The van der Waals surface area contributed by atoms with Crippen molar-refractivity contribution in [1.29, 1.82) is 0 Å². The maximum Gasteiger partial charge on any atom is 0.279 e. The molecule has 98 valence electrons. The summed E-state index contributed by atoms with van der Waals surface area (Å²) >= 11 is 5.67. The maximum absolute atomic E-state index is 11.8. The summed E-state index contributed by atoms with van der Waals surface area (Å²) in [6.07, 6.45) is 0.787. The van der Waals surface area contributed by atoms with Gasteiger partial charge in [-0.2, -0.15) is 12.7 Å². The first kappa shape index (κ1) is 16.2. The lowest BCUT2D eigenvalue weighted by Crippen LogP contribution is -2.44. The lowest BCUT2D eigenvalue weighted by atomic mass is 9.91. The zero-order valence-electron chi connectivity index (χ0n) is 10.6. The number of rotatable bonds is 8. The predicted octanol–water partition coefficient (Wildman–Crippen LogP) is 1.82. The number of hydrogen-bond acceptors (Lipinski definition) is 2. The zero-order chi connectivity index (χ0) is 12.8. The highest BCUT2D eigenvalue weighted by Gasteiger charge is 2.23. The molecule has 0 saturated heterocycles. The molecule has 0 saturated carbocycles. The highest BCUT2D eigenvalue weighted by Crippen LogP contribution is 2.20. The molecule has 0 rings (SSSR count). The van der Waals surface area contributed by atoms with Gasteiger partial charge in [-0.1, -0.05) is 27.7 Å². The van der Waals surface area contributed by atoms with E-state index in [9.17, 15) is 8.42 Å². The Morgan fingerprint density at radius 1 is 1.25 bits per heavy atom. The van der Waals surface area contributed by atoms with Gasteiger partial charge < -0.3 is 0 Å². The molecule has 1 N–H and O–H groups in total. The second kappa shape index (κ2) is 6.79. The molecule has 0 amide bonds. The van der Waals surface area contributed by atoms with Gasteiger partial charge in [-0.15, -0.1) is 11.6 Å². The molecule has 16 heavy (non-hydrogen) atoms. The molecule has 0 atom stereocenters. The van der Waals surface area contributed by atoms with Gasteiger partial charge in [-0.25, -0.2) is 4.72 Å². The van der Waals surface area contributed by atoms with Crippen LogP contribution in [0.5, 0.6) is 0 Å². The summed E-state index contributed by atoms with van der Waals surface area (Å²) in [5, 5.41) is 0. The molecule has 6 heteroatoms. The molecule has 0 aromatic rings. The Balaban J connectivity index is 4.39. The highest BCUT2D eigenvalue weighted by molar-refractivity contribution is 7.87. The van der Waals surface area contributed by atoms with E-state index in [1.807, 2.05) is 27.7 Å². The molecule has 0 unspecified atom stereocenters. The van der Waals surface area contributed by atoms with Crippen molar-refractivity contribution in [2.75, 3.05) is 25.5 Å². The van der Waals surface area contributed by atoms with Gasteiger partial charge in [0.05, 0.1) is 0 Å². The third-order valence-electron chi connectivity index (χ3n) is 2.55. The topological polar surface area (TPSA) is 49.4 Å². The van der Waals surface area contributed by atoms with Crippen LogP contribution < -0.4 is 4.72 Å². The number of alkyl halides is 1. The van der Waals surface area contributed by atoms with E-state index in [1.54, 1.807) is 0 Å². The second-order valence-electron chi connectivity index (χ2n) is 4.51. The van der Waals surface area contributed by atoms with Crippen molar-refractivity contribution < 1.29 is 8.42 Å². The summed E-state index contributed by atoms with van der Waals surface area (Å²) in [5.41, 5.74) is -0.109. The number of nitrogens with zero attached hydrogens (tertiary/aromatic N) is 1. The van der Waals surface area contributed by atoms with E-state index >= 15 is 0 Å². The minimum absolute atomic E-state index is 0.109. The second-order valence-corrected chi connectivity index (χ2v) is 6.65. The van der Waals surface area contributed by atoms with Gasteiger partial charge in [0, 0.05) is 25.5 Å². The van der Waals surface area contributed by atoms with Crippen LogP contribution in [0.25, 0.3) is 0 Å². The molecular weight excluding hydrogens is 248 g/mol. The summed E-state index contributed by atoms with van der Waals surface area (Å²) in [7, 11) is -3.33.